The number of amides is 2. The third-order valence-electron chi connectivity index (χ3n) is 2.86. The van der Waals surface area contributed by atoms with E-state index in [-0.39, 0.29) is 10.7 Å². The molecule has 0 heterocycles. The molecule has 2 aromatic carbocycles. The summed E-state index contributed by atoms with van der Waals surface area (Å²) in [5, 5.41) is 5.80. The molecule has 0 saturated carbocycles. The lowest BCUT2D eigenvalue weighted by Gasteiger charge is -2.04. The molecular formula is C16H13ClFN3O3. The predicted octanol–water partition coefficient (Wildman–Crippen LogP) is 2.58. The van der Waals surface area contributed by atoms with E-state index in [1.807, 2.05) is 0 Å². The lowest BCUT2D eigenvalue weighted by molar-refractivity contribution is -0.136. The molecule has 0 fully saturated rings. The summed E-state index contributed by atoms with van der Waals surface area (Å²) >= 11 is 5.59. The first-order valence-electron chi connectivity index (χ1n) is 6.73. The van der Waals surface area contributed by atoms with Gasteiger partial charge in [0.15, 0.2) is 0 Å². The molecule has 0 radical (unpaired) electrons. The number of hydrazone groups is 1. The van der Waals surface area contributed by atoms with Gasteiger partial charge < -0.3 is 10.1 Å². The van der Waals surface area contributed by atoms with Crippen LogP contribution in [0.25, 0.3) is 0 Å². The zero-order chi connectivity index (χ0) is 17.5. The van der Waals surface area contributed by atoms with E-state index in [0.717, 1.165) is 6.07 Å². The van der Waals surface area contributed by atoms with Crippen molar-refractivity contribution in [1.82, 2.24) is 5.43 Å². The number of nitrogens with one attached hydrogen (secondary N) is 2. The van der Waals surface area contributed by atoms with E-state index in [1.54, 1.807) is 24.3 Å². The number of halogens is 2. The molecule has 0 unspecified atom stereocenters. The zero-order valence-corrected chi connectivity index (χ0v) is 13.3. The number of hydrogen-bond donors (Lipinski definition) is 2. The molecule has 8 heteroatoms. The second-order valence-electron chi connectivity index (χ2n) is 4.56. The van der Waals surface area contributed by atoms with Crippen LogP contribution in [0.5, 0.6) is 5.75 Å². The van der Waals surface area contributed by atoms with E-state index in [4.69, 9.17) is 16.3 Å². The quantitative estimate of drug-likeness (QED) is 0.506. The zero-order valence-electron chi connectivity index (χ0n) is 12.5. The monoisotopic (exact) mass is 349 g/mol. The van der Waals surface area contributed by atoms with E-state index >= 15 is 0 Å². The maximum absolute atomic E-state index is 13.0. The van der Waals surface area contributed by atoms with E-state index in [0.29, 0.717) is 11.3 Å². The van der Waals surface area contributed by atoms with Gasteiger partial charge >= 0.3 is 11.8 Å². The lowest BCUT2D eigenvalue weighted by atomic mass is 10.2. The standard InChI is InChI=1S/C16H13ClFN3O3/c1-24-12-4-2-3-10(7-12)9-19-21-16(23)15(22)20-11-5-6-14(18)13(17)8-11/h2-9H,1H3,(H,20,22)(H,21,23)/b19-9+. The first-order chi connectivity index (χ1) is 11.5. The molecule has 0 aliphatic rings. The Morgan fingerprint density at radius 1 is 1.21 bits per heavy atom. The van der Waals surface area contributed by atoms with Gasteiger partial charge in [-0.25, -0.2) is 9.82 Å². The normalized spacial score (nSPS) is 10.5. The van der Waals surface area contributed by atoms with Gasteiger partial charge in [0.1, 0.15) is 11.6 Å². The van der Waals surface area contributed by atoms with Crippen LogP contribution in [0.1, 0.15) is 5.56 Å². The molecule has 2 N–H and O–H groups in total. The number of hydrogen-bond acceptors (Lipinski definition) is 4. The summed E-state index contributed by atoms with van der Waals surface area (Å²) < 4.78 is 18.1. The highest BCUT2D eigenvalue weighted by Crippen LogP contribution is 2.19. The van der Waals surface area contributed by atoms with Crippen molar-refractivity contribution in [1.29, 1.82) is 0 Å². The average Bonchev–Trinajstić information content (AvgIpc) is 2.58. The third-order valence-corrected chi connectivity index (χ3v) is 3.15. The van der Waals surface area contributed by atoms with Crippen LogP contribution >= 0.6 is 11.6 Å². The van der Waals surface area contributed by atoms with Crippen LogP contribution in [0.3, 0.4) is 0 Å². The fraction of sp³-hybridized carbons (Fsp3) is 0.0625. The van der Waals surface area contributed by atoms with Crippen LogP contribution in [0.15, 0.2) is 47.6 Å². The molecule has 24 heavy (non-hydrogen) atoms. The Hall–Kier alpha value is -2.93. The summed E-state index contributed by atoms with van der Waals surface area (Å²) in [6, 6.07) is 10.5. The molecule has 0 aliphatic heterocycles. The smallest absolute Gasteiger partial charge is 0.329 e. The minimum Gasteiger partial charge on any atom is -0.497 e. The summed E-state index contributed by atoms with van der Waals surface area (Å²) in [4.78, 5) is 23.3. The summed E-state index contributed by atoms with van der Waals surface area (Å²) in [6.07, 6.45) is 1.36. The molecule has 0 atom stereocenters. The van der Waals surface area contributed by atoms with Gasteiger partial charge in [-0.2, -0.15) is 5.10 Å². The molecule has 0 aliphatic carbocycles. The van der Waals surface area contributed by atoms with E-state index in [9.17, 15) is 14.0 Å². The second-order valence-corrected chi connectivity index (χ2v) is 4.97. The number of rotatable bonds is 4. The topological polar surface area (TPSA) is 79.8 Å². The largest absolute Gasteiger partial charge is 0.497 e. The van der Waals surface area contributed by atoms with Crippen molar-refractivity contribution in [3.8, 4) is 5.75 Å². The van der Waals surface area contributed by atoms with Crippen LogP contribution in [0.4, 0.5) is 10.1 Å². The van der Waals surface area contributed by atoms with Gasteiger partial charge in [-0.15, -0.1) is 0 Å². The Balaban J connectivity index is 1.92. The summed E-state index contributed by atoms with van der Waals surface area (Å²) in [5.41, 5.74) is 2.96. The molecule has 0 saturated heterocycles. The van der Waals surface area contributed by atoms with Gasteiger partial charge in [0.25, 0.3) is 0 Å². The van der Waals surface area contributed by atoms with Gasteiger partial charge in [-0.1, -0.05) is 23.7 Å². The molecule has 124 valence electrons. The minimum absolute atomic E-state index is 0.163. The second kappa shape index (κ2) is 8.07. The summed E-state index contributed by atoms with van der Waals surface area (Å²) in [6.45, 7) is 0. The number of carbonyl (C=O) groups is 2. The SMILES string of the molecule is COc1cccc(/C=N/NC(=O)C(=O)Nc2ccc(F)c(Cl)c2)c1. The Labute approximate surface area is 142 Å². The molecule has 0 spiro atoms. The highest BCUT2D eigenvalue weighted by atomic mass is 35.5. The number of benzene rings is 2. The summed E-state index contributed by atoms with van der Waals surface area (Å²) in [5.74, 6) is -1.92. The van der Waals surface area contributed by atoms with Crippen molar-refractivity contribution in [3.63, 3.8) is 0 Å². The summed E-state index contributed by atoms with van der Waals surface area (Å²) in [7, 11) is 1.53. The first kappa shape index (κ1) is 17.4. The van der Waals surface area contributed by atoms with Crippen LogP contribution < -0.4 is 15.5 Å². The molecule has 2 amide bonds. The Bertz CT molecular complexity index is 796. The predicted molar refractivity (Wildman–Crippen MR) is 88.8 cm³/mol. The maximum Gasteiger partial charge on any atom is 0.329 e. The van der Waals surface area contributed by atoms with E-state index < -0.39 is 17.6 Å². The molecule has 0 aromatic heterocycles. The van der Waals surface area contributed by atoms with Gasteiger partial charge in [-0.3, -0.25) is 9.59 Å². The Morgan fingerprint density at radius 3 is 2.71 bits per heavy atom. The van der Waals surface area contributed by atoms with E-state index in [2.05, 4.69) is 15.8 Å². The molecule has 6 nitrogen and oxygen atoms in total. The number of methoxy groups -OCH3 is 1. The van der Waals surface area contributed by atoms with Crippen molar-refractivity contribution in [3.05, 3.63) is 58.9 Å². The third kappa shape index (κ3) is 4.79. The number of carbonyl (C=O) groups excluding carboxylic acids is 2. The van der Waals surface area contributed by atoms with Gasteiger partial charge in [0.2, 0.25) is 0 Å². The fourth-order valence-corrected chi connectivity index (χ4v) is 1.88. The van der Waals surface area contributed by atoms with Crippen LogP contribution in [-0.4, -0.2) is 25.1 Å². The molecule has 0 bridgehead atoms. The number of anilines is 1. The van der Waals surface area contributed by atoms with Crippen LogP contribution in [0.2, 0.25) is 5.02 Å². The maximum atomic E-state index is 13.0. The van der Waals surface area contributed by atoms with Crippen LogP contribution in [-0.2, 0) is 9.59 Å². The molecule has 2 rings (SSSR count). The van der Waals surface area contributed by atoms with Crippen molar-refractivity contribution in [2.24, 2.45) is 5.10 Å². The molecular weight excluding hydrogens is 337 g/mol. The number of ether oxygens (including phenoxy) is 1. The van der Waals surface area contributed by atoms with Gasteiger partial charge in [0, 0.05) is 5.69 Å². The van der Waals surface area contributed by atoms with Crippen molar-refractivity contribution in [2.45, 2.75) is 0 Å². The Kier molecular flexibility index (Phi) is 5.86. The van der Waals surface area contributed by atoms with Crippen LogP contribution in [0, 0.1) is 5.82 Å². The first-order valence-corrected chi connectivity index (χ1v) is 7.11. The van der Waals surface area contributed by atoms with Crippen molar-refractivity contribution >= 4 is 35.3 Å². The highest BCUT2D eigenvalue weighted by molar-refractivity contribution is 6.39. The average molecular weight is 350 g/mol. The highest BCUT2D eigenvalue weighted by Gasteiger charge is 2.13. The van der Waals surface area contributed by atoms with Crippen molar-refractivity contribution in [2.75, 3.05) is 12.4 Å². The van der Waals surface area contributed by atoms with Crippen molar-refractivity contribution < 1.29 is 18.7 Å². The van der Waals surface area contributed by atoms with Gasteiger partial charge in [-0.05, 0) is 35.9 Å². The Morgan fingerprint density at radius 2 is 2.00 bits per heavy atom. The number of nitrogens with zero attached hydrogens (tertiary/aromatic N) is 1. The lowest BCUT2D eigenvalue weighted by Crippen LogP contribution is -2.32. The molecule has 2 aromatic rings. The fourth-order valence-electron chi connectivity index (χ4n) is 1.70. The van der Waals surface area contributed by atoms with E-state index in [1.165, 1.54) is 25.5 Å². The minimum atomic E-state index is -0.977. The van der Waals surface area contributed by atoms with Gasteiger partial charge in [0.05, 0.1) is 18.3 Å².